The number of aliphatic imine (C=N–C) groups is 1. The van der Waals surface area contributed by atoms with Crippen LogP contribution in [0.4, 0.5) is 11.4 Å². The molecule has 11 nitrogen and oxygen atoms in total. The predicted molar refractivity (Wildman–Crippen MR) is 106 cm³/mol. The van der Waals surface area contributed by atoms with Gasteiger partial charge < -0.3 is 20.6 Å². The lowest BCUT2D eigenvalue weighted by atomic mass is 10.1. The number of non-ortho nitro benzene ring substituents is 1. The van der Waals surface area contributed by atoms with Crippen molar-refractivity contribution in [1.82, 2.24) is 5.32 Å². The van der Waals surface area contributed by atoms with E-state index in [2.05, 4.69) is 10.3 Å². The normalized spacial score (nSPS) is 15.9. The van der Waals surface area contributed by atoms with Crippen molar-refractivity contribution in [2.75, 3.05) is 0 Å². The Morgan fingerprint density at radius 3 is 2.30 bits per heavy atom. The van der Waals surface area contributed by atoms with Crippen molar-refractivity contribution in [2.45, 2.75) is 0 Å². The summed E-state index contributed by atoms with van der Waals surface area (Å²) in [5, 5.41) is 41.5. The van der Waals surface area contributed by atoms with E-state index in [9.17, 15) is 29.6 Å². The Hall–Kier alpha value is -4.19. The molecule has 0 aromatic heterocycles. The lowest BCUT2D eigenvalue weighted by Gasteiger charge is -2.02. The number of nitro groups is 1. The molecule has 1 saturated heterocycles. The van der Waals surface area contributed by atoms with Gasteiger partial charge in [0.15, 0.2) is 5.17 Å². The summed E-state index contributed by atoms with van der Waals surface area (Å²) in [6.07, 6.45) is 1.24. The first-order valence-electron chi connectivity index (χ1n) is 8.02. The van der Waals surface area contributed by atoms with Gasteiger partial charge in [-0.2, -0.15) is 0 Å². The molecular weight excluding hydrogens is 418 g/mol. The van der Waals surface area contributed by atoms with Gasteiger partial charge in [-0.15, -0.1) is 0 Å². The molecule has 30 heavy (non-hydrogen) atoms. The van der Waals surface area contributed by atoms with E-state index >= 15 is 0 Å². The Labute approximate surface area is 171 Å². The molecule has 3 rings (SSSR count). The van der Waals surface area contributed by atoms with E-state index < -0.39 is 22.8 Å². The number of phenols is 1. The van der Waals surface area contributed by atoms with Gasteiger partial charge in [0.05, 0.1) is 26.6 Å². The minimum Gasteiger partial charge on any atom is -0.507 e. The van der Waals surface area contributed by atoms with Crippen LogP contribution in [0.2, 0.25) is 0 Å². The second kappa shape index (κ2) is 8.05. The zero-order valence-electron chi connectivity index (χ0n) is 14.7. The number of hydrogen-bond acceptors (Lipinski definition) is 8. The average molecular weight is 429 g/mol. The number of benzene rings is 2. The Balaban J connectivity index is 1.95. The highest BCUT2D eigenvalue weighted by atomic mass is 32.2. The second-order valence-electron chi connectivity index (χ2n) is 5.86. The summed E-state index contributed by atoms with van der Waals surface area (Å²) in [5.41, 5.74) is -0.816. The quantitative estimate of drug-likeness (QED) is 0.315. The standard InChI is InChI=1S/C18H11N3O8S/c22-13-2-1-12(21(28)29)6-8(13)7-14-15(23)20-18(30-14)19-11-4-9(16(24)25)3-10(5-11)17(26)27/h1-7,22H,(H,24,25)(H,26,27)(H,19,20,23)/b14-7-. The van der Waals surface area contributed by atoms with Crippen LogP contribution < -0.4 is 5.32 Å². The third kappa shape index (κ3) is 4.44. The van der Waals surface area contributed by atoms with Crippen LogP contribution in [0.15, 0.2) is 46.3 Å². The maximum atomic E-state index is 12.2. The summed E-state index contributed by atoms with van der Waals surface area (Å²) >= 11 is 0.835. The van der Waals surface area contributed by atoms with Gasteiger partial charge in [0.2, 0.25) is 0 Å². The van der Waals surface area contributed by atoms with Gasteiger partial charge in [-0.1, -0.05) is 0 Å². The molecule has 4 N–H and O–H groups in total. The van der Waals surface area contributed by atoms with Crippen molar-refractivity contribution >= 4 is 52.2 Å². The topological polar surface area (TPSA) is 179 Å². The molecule has 1 amide bonds. The zero-order chi connectivity index (χ0) is 22.0. The van der Waals surface area contributed by atoms with Gasteiger partial charge in [0.25, 0.3) is 11.6 Å². The maximum Gasteiger partial charge on any atom is 0.335 e. The van der Waals surface area contributed by atoms with Gasteiger partial charge >= 0.3 is 11.9 Å². The fourth-order valence-electron chi connectivity index (χ4n) is 2.43. The number of hydrogen-bond donors (Lipinski definition) is 4. The van der Waals surface area contributed by atoms with Gasteiger partial charge in [0, 0.05) is 17.7 Å². The monoisotopic (exact) mass is 429 g/mol. The number of carbonyl (C=O) groups is 3. The largest absolute Gasteiger partial charge is 0.507 e. The zero-order valence-corrected chi connectivity index (χ0v) is 15.5. The third-order valence-electron chi connectivity index (χ3n) is 3.80. The molecule has 1 heterocycles. The van der Waals surface area contributed by atoms with Crippen LogP contribution in [0.5, 0.6) is 5.75 Å². The Morgan fingerprint density at radius 1 is 1.10 bits per heavy atom. The van der Waals surface area contributed by atoms with Crippen LogP contribution in [-0.2, 0) is 4.79 Å². The Morgan fingerprint density at radius 2 is 1.73 bits per heavy atom. The number of nitrogens with zero attached hydrogens (tertiary/aromatic N) is 2. The molecule has 0 aliphatic carbocycles. The number of nitro benzene ring substituents is 1. The third-order valence-corrected chi connectivity index (χ3v) is 4.71. The van der Waals surface area contributed by atoms with Crippen molar-refractivity contribution in [3.8, 4) is 5.75 Å². The molecule has 0 unspecified atom stereocenters. The minimum atomic E-state index is -1.34. The molecule has 0 bridgehead atoms. The van der Waals surface area contributed by atoms with Crippen molar-refractivity contribution < 1.29 is 34.6 Å². The number of aromatic carboxylic acids is 2. The van der Waals surface area contributed by atoms with E-state index in [4.69, 9.17) is 10.2 Å². The number of carbonyl (C=O) groups excluding carboxylic acids is 1. The molecule has 2 aromatic rings. The highest BCUT2D eigenvalue weighted by Crippen LogP contribution is 2.32. The predicted octanol–water partition coefficient (Wildman–Crippen LogP) is 2.59. The molecule has 1 aliphatic heterocycles. The van der Waals surface area contributed by atoms with Crippen LogP contribution in [0.3, 0.4) is 0 Å². The number of thioether (sulfide) groups is 1. The second-order valence-corrected chi connectivity index (χ2v) is 6.89. The van der Waals surface area contributed by atoms with Gasteiger partial charge in [-0.25, -0.2) is 14.6 Å². The van der Waals surface area contributed by atoms with Gasteiger partial charge in [-0.05, 0) is 42.1 Å². The average Bonchev–Trinajstić information content (AvgIpc) is 3.01. The van der Waals surface area contributed by atoms with E-state index in [1.165, 1.54) is 6.08 Å². The molecule has 0 spiro atoms. The van der Waals surface area contributed by atoms with Gasteiger partial charge in [0.1, 0.15) is 5.75 Å². The minimum absolute atomic E-state index is 0.00505. The molecule has 1 fully saturated rings. The Kier molecular flexibility index (Phi) is 5.51. The molecule has 2 aromatic carbocycles. The molecule has 0 radical (unpaired) electrons. The number of amides is 1. The number of carboxylic acids is 2. The lowest BCUT2D eigenvalue weighted by Crippen LogP contribution is -2.19. The van der Waals surface area contributed by atoms with Gasteiger partial charge in [-0.3, -0.25) is 14.9 Å². The lowest BCUT2D eigenvalue weighted by molar-refractivity contribution is -0.384. The molecule has 0 atom stereocenters. The fourth-order valence-corrected chi connectivity index (χ4v) is 3.27. The molecule has 152 valence electrons. The van der Waals surface area contributed by atoms with Crippen LogP contribution in [0.25, 0.3) is 6.08 Å². The van der Waals surface area contributed by atoms with Crippen molar-refractivity contribution in [2.24, 2.45) is 4.99 Å². The van der Waals surface area contributed by atoms with E-state index in [0.717, 1.165) is 48.2 Å². The summed E-state index contributed by atoms with van der Waals surface area (Å²) < 4.78 is 0. The van der Waals surface area contributed by atoms with Crippen LogP contribution in [-0.4, -0.2) is 43.3 Å². The number of nitrogens with one attached hydrogen (secondary N) is 1. The van der Waals surface area contributed by atoms with Crippen LogP contribution in [0.1, 0.15) is 26.3 Å². The summed E-state index contributed by atoms with van der Waals surface area (Å²) in [5.74, 6) is -3.56. The van der Waals surface area contributed by atoms with E-state index in [-0.39, 0.29) is 43.9 Å². The summed E-state index contributed by atoms with van der Waals surface area (Å²) in [4.78, 5) is 48.9. The van der Waals surface area contributed by atoms with Crippen molar-refractivity contribution in [3.63, 3.8) is 0 Å². The number of phenolic OH excluding ortho intramolecular Hbond substituents is 1. The van der Waals surface area contributed by atoms with E-state index in [0.29, 0.717) is 0 Å². The first kappa shape index (κ1) is 20.5. The summed E-state index contributed by atoms with van der Waals surface area (Å²) in [6, 6.07) is 6.60. The highest BCUT2D eigenvalue weighted by Gasteiger charge is 2.25. The molecular formula is C18H11N3O8S. The number of rotatable bonds is 5. The molecule has 12 heteroatoms. The van der Waals surface area contributed by atoms with Crippen LogP contribution in [0, 0.1) is 10.1 Å². The number of aromatic hydroxyl groups is 1. The number of amidine groups is 1. The van der Waals surface area contributed by atoms with E-state index in [1.807, 2.05) is 0 Å². The van der Waals surface area contributed by atoms with Crippen LogP contribution >= 0.6 is 11.8 Å². The first-order valence-corrected chi connectivity index (χ1v) is 8.84. The summed E-state index contributed by atoms with van der Waals surface area (Å²) in [6.45, 7) is 0. The maximum absolute atomic E-state index is 12.2. The smallest absolute Gasteiger partial charge is 0.335 e. The highest BCUT2D eigenvalue weighted by molar-refractivity contribution is 8.18. The first-order chi connectivity index (χ1) is 14.1. The van der Waals surface area contributed by atoms with Crippen molar-refractivity contribution in [1.29, 1.82) is 0 Å². The van der Waals surface area contributed by atoms with Crippen molar-refractivity contribution in [3.05, 3.63) is 68.1 Å². The molecule has 0 saturated carbocycles. The summed E-state index contributed by atoms with van der Waals surface area (Å²) in [7, 11) is 0. The molecule has 1 aliphatic rings. The number of carboxylic acid groups (broad SMARTS) is 2. The Bertz CT molecular complexity index is 1140. The van der Waals surface area contributed by atoms with E-state index in [1.54, 1.807) is 0 Å². The SMILES string of the molecule is O=C1NC(=Nc2cc(C(=O)O)cc(C(=O)O)c2)S/C1=C\c1cc([N+](=O)[O-])ccc1O. The fraction of sp³-hybridized carbons (Fsp3) is 0.